The van der Waals surface area contributed by atoms with Crippen LogP contribution in [0.5, 0.6) is 0 Å². The fourth-order valence-electron chi connectivity index (χ4n) is 1.79. The first-order valence-electron chi connectivity index (χ1n) is 6.96. The number of rotatable bonds is 6. The van der Waals surface area contributed by atoms with E-state index < -0.39 is 0 Å². The number of aryl methyl sites for hydroxylation is 2. The van der Waals surface area contributed by atoms with Crippen LogP contribution in [-0.2, 0) is 12.2 Å². The van der Waals surface area contributed by atoms with Crippen LogP contribution in [0, 0.1) is 6.92 Å². The van der Waals surface area contributed by atoms with Gasteiger partial charge in [-0.05, 0) is 25.5 Å². The van der Waals surface area contributed by atoms with Gasteiger partial charge < -0.3 is 5.32 Å². The molecule has 2 heterocycles. The normalized spacial score (nSPS) is 10.8. The second-order valence-electron chi connectivity index (χ2n) is 4.74. The fraction of sp³-hybridized carbons (Fsp3) is 0.267. The molecule has 0 radical (unpaired) electrons. The van der Waals surface area contributed by atoms with Crippen LogP contribution in [0.4, 0.5) is 10.8 Å². The van der Waals surface area contributed by atoms with Crippen molar-refractivity contribution in [2.24, 2.45) is 0 Å². The van der Waals surface area contributed by atoms with Crippen LogP contribution in [0.3, 0.4) is 0 Å². The zero-order valence-corrected chi connectivity index (χ0v) is 14.8. The van der Waals surface area contributed by atoms with E-state index >= 15 is 0 Å². The minimum absolute atomic E-state index is 0.818. The Morgan fingerprint density at radius 2 is 2.00 bits per heavy atom. The number of benzene rings is 1. The lowest BCUT2D eigenvalue weighted by molar-refractivity contribution is 1.01. The molecule has 3 rings (SSSR count). The lowest BCUT2D eigenvalue weighted by atomic mass is 10.2. The zero-order chi connectivity index (χ0) is 15.4. The number of anilines is 2. The molecule has 0 bridgehead atoms. The first kappa shape index (κ1) is 15.5. The van der Waals surface area contributed by atoms with Crippen molar-refractivity contribution in [3.63, 3.8) is 0 Å². The van der Waals surface area contributed by atoms with Crippen LogP contribution in [0.25, 0.3) is 0 Å². The van der Waals surface area contributed by atoms with E-state index in [0.29, 0.717) is 0 Å². The Balaban J connectivity index is 1.57. The van der Waals surface area contributed by atoms with Crippen LogP contribution in [0.1, 0.15) is 23.2 Å². The van der Waals surface area contributed by atoms with Crippen molar-refractivity contribution in [3.8, 4) is 0 Å². The van der Waals surface area contributed by atoms with Gasteiger partial charge in [0, 0.05) is 16.8 Å². The van der Waals surface area contributed by atoms with Crippen molar-refractivity contribution >= 4 is 45.3 Å². The monoisotopic (exact) mass is 348 g/mol. The molecule has 1 N–H and O–H groups in total. The first-order chi connectivity index (χ1) is 10.7. The summed E-state index contributed by atoms with van der Waals surface area (Å²) in [7, 11) is 0. The third-order valence-electron chi connectivity index (χ3n) is 2.95. The highest BCUT2D eigenvalue weighted by Crippen LogP contribution is 2.30. The van der Waals surface area contributed by atoms with Gasteiger partial charge in [0.15, 0.2) is 4.34 Å². The van der Waals surface area contributed by atoms with Crippen LogP contribution in [-0.4, -0.2) is 15.2 Å². The highest BCUT2D eigenvalue weighted by molar-refractivity contribution is 8.00. The van der Waals surface area contributed by atoms with E-state index in [1.807, 2.05) is 12.1 Å². The lowest BCUT2D eigenvalue weighted by Crippen LogP contribution is -1.88. The Kier molecular flexibility index (Phi) is 5.07. The Morgan fingerprint density at radius 1 is 1.18 bits per heavy atom. The van der Waals surface area contributed by atoms with Crippen molar-refractivity contribution in [3.05, 3.63) is 45.9 Å². The van der Waals surface area contributed by atoms with Gasteiger partial charge in [0.2, 0.25) is 5.13 Å². The Hall–Kier alpha value is -1.44. The SMILES string of the molecule is CCc1nc(CSc2nnc(Nc3ccc(C)cc3)s2)cs1. The molecule has 0 atom stereocenters. The summed E-state index contributed by atoms with van der Waals surface area (Å²) in [5.41, 5.74) is 3.40. The van der Waals surface area contributed by atoms with Crippen molar-refractivity contribution < 1.29 is 0 Å². The van der Waals surface area contributed by atoms with E-state index in [9.17, 15) is 0 Å². The molecule has 0 amide bonds. The molecule has 4 nitrogen and oxygen atoms in total. The average Bonchev–Trinajstić information content (AvgIpc) is 3.16. The van der Waals surface area contributed by atoms with Crippen LogP contribution in [0.2, 0.25) is 0 Å². The van der Waals surface area contributed by atoms with E-state index in [1.165, 1.54) is 10.6 Å². The molecule has 0 fully saturated rings. The van der Waals surface area contributed by atoms with Gasteiger partial charge in [0.05, 0.1) is 10.7 Å². The summed E-state index contributed by atoms with van der Waals surface area (Å²) < 4.78 is 0.959. The van der Waals surface area contributed by atoms with Gasteiger partial charge in [-0.3, -0.25) is 0 Å². The number of hydrogen-bond donors (Lipinski definition) is 1. The molecule has 7 heteroatoms. The number of hydrogen-bond acceptors (Lipinski definition) is 7. The van der Waals surface area contributed by atoms with E-state index in [-0.39, 0.29) is 0 Å². The van der Waals surface area contributed by atoms with Gasteiger partial charge in [-0.15, -0.1) is 21.5 Å². The van der Waals surface area contributed by atoms with Crippen LogP contribution >= 0.6 is 34.4 Å². The molecule has 0 saturated heterocycles. The second kappa shape index (κ2) is 7.21. The third kappa shape index (κ3) is 4.06. The maximum absolute atomic E-state index is 4.57. The molecule has 0 aliphatic rings. The minimum atomic E-state index is 0.818. The van der Waals surface area contributed by atoms with Gasteiger partial charge in [-0.25, -0.2) is 4.98 Å². The maximum Gasteiger partial charge on any atom is 0.210 e. The number of nitrogens with zero attached hydrogens (tertiary/aromatic N) is 3. The lowest BCUT2D eigenvalue weighted by Gasteiger charge is -2.01. The predicted octanol–water partition coefficient (Wildman–Crippen LogP) is 4.90. The van der Waals surface area contributed by atoms with Crippen molar-refractivity contribution in [2.75, 3.05) is 5.32 Å². The van der Waals surface area contributed by atoms with Gasteiger partial charge in [-0.2, -0.15) is 0 Å². The summed E-state index contributed by atoms with van der Waals surface area (Å²) in [6.45, 7) is 4.20. The van der Waals surface area contributed by atoms with Crippen molar-refractivity contribution in [1.29, 1.82) is 0 Å². The number of aromatic nitrogens is 3. The molecular weight excluding hydrogens is 332 g/mol. The summed E-state index contributed by atoms with van der Waals surface area (Å²) in [6, 6.07) is 8.25. The molecular formula is C15H16N4S3. The van der Waals surface area contributed by atoms with Gasteiger partial charge in [-0.1, -0.05) is 47.7 Å². The summed E-state index contributed by atoms with van der Waals surface area (Å²) in [5, 5.41) is 15.8. The molecule has 3 aromatic rings. The zero-order valence-electron chi connectivity index (χ0n) is 12.4. The van der Waals surface area contributed by atoms with Gasteiger partial charge >= 0.3 is 0 Å². The smallest absolute Gasteiger partial charge is 0.210 e. The first-order valence-corrected chi connectivity index (χ1v) is 9.64. The summed E-state index contributed by atoms with van der Waals surface area (Å²) >= 11 is 4.97. The fourth-order valence-corrected chi connectivity index (χ4v) is 4.31. The maximum atomic E-state index is 4.57. The minimum Gasteiger partial charge on any atom is -0.330 e. The molecule has 22 heavy (non-hydrogen) atoms. The molecule has 0 aliphatic heterocycles. The number of thioether (sulfide) groups is 1. The standard InChI is InChI=1S/C15H16N4S3/c1-3-13-16-12(8-20-13)9-21-15-19-18-14(22-15)17-11-6-4-10(2)5-7-11/h4-8H,3,9H2,1-2H3,(H,17,18). The highest BCUT2D eigenvalue weighted by atomic mass is 32.2. The molecule has 114 valence electrons. The summed E-state index contributed by atoms with van der Waals surface area (Å²) in [5.74, 6) is 0.843. The van der Waals surface area contributed by atoms with E-state index in [4.69, 9.17) is 0 Å². The summed E-state index contributed by atoms with van der Waals surface area (Å²) in [4.78, 5) is 4.57. The Bertz CT molecular complexity index is 733. The topological polar surface area (TPSA) is 50.7 Å². The molecule has 0 saturated carbocycles. The van der Waals surface area contributed by atoms with E-state index in [1.54, 1.807) is 34.4 Å². The van der Waals surface area contributed by atoms with Gasteiger partial charge in [0.25, 0.3) is 0 Å². The van der Waals surface area contributed by atoms with Crippen LogP contribution < -0.4 is 5.32 Å². The summed E-state index contributed by atoms with van der Waals surface area (Å²) in [6.07, 6.45) is 0.999. The van der Waals surface area contributed by atoms with Crippen molar-refractivity contribution in [1.82, 2.24) is 15.2 Å². The Morgan fingerprint density at radius 3 is 2.73 bits per heavy atom. The quantitative estimate of drug-likeness (QED) is 0.642. The molecule has 0 aliphatic carbocycles. The number of thiazole rings is 1. The van der Waals surface area contributed by atoms with E-state index in [2.05, 4.69) is 51.9 Å². The molecule has 2 aromatic heterocycles. The highest BCUT2D eigenvalue weighted by Gasteiger charge is 2.07. The number of nitrogens with one attached hydrogen (secondary N) is 1. The third-order valence-corrected chi connectivity index (χ3v) is 6.00. The molecule has 0 unspecified atom stereocenters. The predicted molar refractivity (Wildman–Crippen MR) is 95.4 cm³/mol. The van der Waals surface area contributed by atoms with E-state index in [0.717, 1.165) is 33.0 Å². The van der Waals surface area contributed by atoms with Crippen molar-refractivity contribution in [2.45, 2.75) is 30.4 Å². The largest absolute Gasteiger partial charge is 0.330 e. The average molecular weight is 349 g/mol. The Labute approximate surface area is 142 Å². The van der Waals surface area contributed by atoms with Crippen LogP contribution in [0.15, 0.2) is 34.0 Å². The molecule has 0 spiro atoms. The second-order valence-corrected chi connectivity index (χ2v) is 7.88. The van der Waals surface area contributed by atoms with Gasteiger partial charge in [0.1, 0.15) is 0 Å². The molecule has 1 aromatic carbocycles.